The predicted molar refractivity (Wildman–Crippen MR) is 497 cm³/mol. The Balaban J connectivity index is 0.581. The standard InChI is InChI=1S/C112H90N4/c1-10-78-25-20-34-96(67-78)113(91-29-15-13-16-30-91)100-58-62-105-103-60-52-89(72-107(103)111(6,7)109(105)74-100)90-53-61-104-106-63-59-101(75-110(106)112(8,9)108(104)73-90)114(92-31-17-14-18-32-92)99-37-23-28-81(70-99)38-39-82-64-77(5)66-102(71-82)116(98-36-22-27-80(12-3)69-98)94-56-50-88(51-57-94)86-46-42-84(43-47-86)83-40-44-85(45-41-83)87-48-54-93(55-49-87)115(95-33-19-24-76(4)65-95)97-35-21-26-79(11-2)68-97/h10-75H,1-3H2,4-9H3/b39-38-. The molecule has 0 unspecified atom stereocenters. The third-order valence-corrected chi connectivity index (χ3v) is 23.5. The summed E-state index contributed by atoms with van der Waals surface area (Å²) in [6.45, 7) is 26.2. The minimum atomic E-state index is -0.280. The molecule has 0 atom stereocenters. The Kier molecular flexibility index (Phi) is 19.3. The molecule has 0 aromatic heterocycles. The van der Waals surface area contributed by atoms with Crippen molar-refractivity contribution in [2.75, 3.05) is 19.6 Å². The molecule has 0 radical (unpaired) electrons. The zero-order valence-corrected chi connectivity index (χ0v) is 66.5. The molecule has 0 N–H and O–H groups in total. The Hall–Kier alpha value is -14.3. The first-order chi connectivity index (χ1) is 56.6. The van der Waals surface area contributed by atoms with Crippen LogP contribution in [0.3, 0.4) is 0 Å². The topological polar surface area (TPSA) is 13.0 Å². The lowest BCUT2D eigenvalue weighted by Gasteiger charge is -2.28. The molecule has 4 heteroatoms. The summed E-state index contributed by atoms with van der Waals surface area (Å²) in [4.78, 5) is 9.43. The van der Waals surface area contributed by atoms with E-state index in [0.29, 0.717) is 0 Å². The van der Waals surface area contributed by atoms with Crippen LogP contribution in [-0.4, -0.2) is 0 Å². The molecule has 0 saturated carbocycles. The molecular formula is C112H90N4. The highest BCUT2D eigenvalue weighted by molar-refractivity contribution is 5.92. The predicted octanol–water partition coefficient (Wildman–Crippen LogP) is 31.6. The van der Waals surface area contributed by atoms with Gasteiger partial charge in [0.25, 0.3) is 0 Å². The molecular weight excluding hydrogens is 1400 g/mol. The van der Waals surface area contributed by atoms with E-state index in [4.69, 9.17) is 0 Å². The molecule has 0 fully saturated rings. The van der Waals surface area contributed by atoms with E-state index < -0.39 is 0 Å². The summed E-state index contributed by atoms with van der Waals surface area (Å²) < 4.78 is 0. The first-order valence-electron chi connectivity index (χ1n) is 40.1. The van der Waals surface area contributed by atoms with E-state index in [1.54, 1.807) is 0 Å². The molecule has 0 heterocycles. The fourth-order valence-electron chi connectivity index (χ4n) is 17.5. The number of benzene rings is 16. The summed E-state index contributed by atoms with van der Waals surface area (Å²) in [5.74, 6) is 0. The van der Waals surface area contributed by atoms with Gasteiger partial charge in [-0.2, -0.15) is 0 Å². The number of fused-ring (bicyclic) bond motifs is 6. The average Bonchev–Trinajstić information content (AvgIpc) is 1.57. The summed E-state index contributed by atoms with van der Waals surface area (Å²) in [6, 6.07) is 136. The second kappa shape index (κ2) is 30.6. The van der Waals surface area contributed by atoms with Crippen LogP contribution in [0, 0.1) is 13.8 Å². The maximum Gasteiger partial charge on any atom is 0.0470 e. The van der Waals surface area contributed by atoms with Crippen molar-refractivity contribution in [2.24, 2.45) is 0 Å². The number of para-hydroxylation sites is 2. The van der Waals surface area contributed by atoms with Gasteiger partial charge < -0.3 is 19.6 Å². The smallest absolute Gasteiger partial charge is 0.0470 e. The lowest BCUT2D eigenvalue weighted by molar-refractivity contribution is 0.659. The van der Waals surface area contributed by atoms with Crippen LogP contribution in [0.15, 0.2) is 390 Å². The number of nitrogens with zero attached hydrogens (tertiary/aromatic N) is 4. The number of aryl methyl sites for hydroxylation is 2. The molecule has 2 aliphatic rings. The zero-order valence-electron chi connectivity index (χ0n) is 66.5. The number of rotatable bonds is 21. The Morgan fingerprint density at radius 2 is 0.457 bits per heavy atom. The number of hydrogen-bond donors (Lipinski definition) is 0. The van der Waals surface area contributed by atoms with E-state index in [1.165, 1.54) is 77.9 Å². The van der Waals surface area contributed by atoms with Gasteiger partial charge in [0.05, 0.1) is 0 Å². The van der Waals surface area contributed by atoms with E-state index >= 15 is 0 Å². The highest BCUT2D eigenvalue weighted by Crippen LogP contribution is 2.55. The van der Waals surface area contributed by atoms with Crippen LogP contribution in [0.5, 0.6) is 0 Å². The van der Waals surface area contributed by atoms with Crippen molar-refractivity contribution in [2.45, 2.75) is 52.4 Å². The first kappa shape index (κ1) is 73.2. The Bertz CT molecular complexity index is 6460. The maximum atomic E-state index is 4.16. The molecule has 0 spiro atoms. The number of hydrogen-bond acceptors (Lipinski definition) is 4. The molecule has 16 aromatic carbocycles. The minimum Gasteiger partial charge on any atom is -0.310 e. The van der Waals surface area contributed by atoms with Crippen LogP contribution in [0.1, 0.15) is 88.9 Å². The van der Waals surface area contributed by atoms with Crippen molar-refractivity contribution < 1.29 is 0 Å². The van der Waals surface area contributed by atoms with Crippen molar-refractivity contribution in [3.63, 3.8) is 0 Å². The van der Waals surface area contributed by atoms with Crippen molar-refractivity contribution in [3.8, 4) is 66.8 Å². The SMILES string of the molecule is C=Cc1cccc(N(c2ccc(-c3ccc(-c4ccc(-c5ccc(N(c6cccc(C=C)c6)c6cc(C)cc(/C=C\c7cccc(N(c8ccccc8)c8ccc9c(c8)C(C)(C)c8cc(-c%10ccc%11c(c%10)C(C)(C)c%10cc(N(c%12ccccc%12)c%12cccc(C=C)c%12)ccc%10-%11)ccc8-9)c7)c6)cc5)cc4)cc3)cc2)c2cccc(C)c2)c1. The zero-order chi connectivity index (χ0) is 79.2. The van der Waals surface area contributed by atoms with Crippen LogP contribution < -0.4 is 19.6 Å². The third kappa shape index (κ3) is 14.1. The van der Waals surface area contributed by atoms with E-state index in [1.807, 2.05) is 18.2 Å². The van der Waals surface area contributed by atoms with Crippen LogP contribution in [0.4, 0.5) is 68.2 Å². The van der Waals surface area contributed by atoms with Crippen LogP contribution in [0.2, 0.25) is 0 Å². The van der Waals surface area contributed by atoms with Crippen molar-refractivity contribution in [1.29, 1.82) is 0 Å². The van der Waals surface area contributed by atoms with Crippen LogP contribution in [-0.2, 0) is 10.8 Å². The summed E-state index contributed by atoms with van der Waals surface area (Å²) in [6.07, 6.45) is 10.2. The van der Waals surface area contributed by atoms with Crippen LogP contribution in [0.25, 0.3) is 97.1 Å². The monoisotopic (exact) mass is 1490 g/mol. The van der Waals surface area contributed by atoms with Gasteiger partial charge in [-0.15, -0.1) is 0 Å². The highest BCUT2D eigenvalue weighted by Gasteiger charge is 2.39. The summed E-state index contributed by atoms with van der Waals surface area (Å²) in [7, 11) is 0. The fourth-order valence-corrected chi connectivity index (χ4v) is 17.5. The lowest BCUT2D eigenvalue weighted by Crippen LogP contribution is -2.17. The second-order valence-corrected chi connectivity index (χ2v) is 31.8. The average molecular weight is 1490 g/mol. The normalized spacial score (nSPS) is 12.6. The van der Waals surface area contributed by atoms with E-state index in [2.05, 4.69) is 463 Å². The highest BCUT2D eigenvalue weighted by atomic mass is 15.2. The molecule has 2 aliphatic carbocycles. The number of anilines is 12. The van der Waals surface area contributed by atoms with Gasteiger partial charge in [0.1, 0.15) is 0 Å². The molecule has 18 rings (SSSR count). The minimum absolute atomic E-state index is 0.240. The quantitative estimate of drug-likeness (QED) is 0.0665. The lowest BCUT2D eigenvalue weighted by atomic mass is 9.80. The van der Waals surface area contributed by atoms with Crippen molar-refractivity contribution >= 4 is 98.6 Å². The summed E-state index contributed by atoms with van der Waals surface area (Å²) in [5, 5.41) is 0. The molecule has 0 saturated heterocycles. The van der Waals surface area contributed by atoms with Gasteiger partial charge in [-0.1, -0.05) is 290 Å². The van der Waals surface area contributed by atoms with Gasteiger partial charge in [-0.05, 0) is 300 Å². The maximum absolute atomic E-state index is 4.16. The largest absolute Gasteiger partial charge is 0.310 e. The van der Waals surface area contributed by atoms with Gasteiger partial charge in [-0.25, -0.2) is 0 Å². The third-order valence-electron chi connectivity index (χ3n) is 23.5. The second-order valence-electron chi connectivity index (χ2n) is 31.8. The molecule has 0 amide bonds. The first-order valence-corrected chi connectivity index (χ1v) is 40.1. The van der Waals surface area contributed by atoms with E-state index in [0.717, 1.165) is 118 Å². The van der Waals surface area contributed by atoms with E-state index in [-0.39, 0.29) is 10.8 Å². The van der Waals surface area contributed by atoms with Gasteiger partial charge in [0, 0.05) is 79.1 Å². The Morgan fingerprint density at radius 3 is 0.836 bits per heavy atom. The van der Waals surface area contributed by atoms with Crippen molar-refractivity contribution in [1.82, 2.24) is 0 Å². The Morgan fingerprint density at radius 1 is 0.198 bits per heavy atom. The van der Waals surface area contributed by atoms with Crippen molar-refractivity contribution in [3.05, 3.63) is 451 Å². The molecule has 558 valence electrons. The molecule has 0 aliphatic heterocycles. The van der Waals surface area contributed by atoms with Gasteiger partial charge in [0.15, 0.2) is 0 Å². The molecule has 4 nitrogen and oxygen atoms in total. The molecule has 116 heavy (non-hydrogen) atoms. The van der Waals surface area contributed by atoms with E-state index in [9.17, 15) is 0 Å². The summed E-state index contributed by atoms with van der Waals surface area (Å²) in [5.41, 5.74) is 40.3. The van der Waals surface area contributed by atoms with Crippen LogP contribution >= 0.6 is 0 Å². The molecule has 0 bridgehead atoms. The van der Waals surface area contributed by atoms with Gasteiger partial charge in [-0.3, -0.25) is 0 Å². The Labute approximate surface area is 683 Å². The van der Waals surface area contributed by atoms with Gasteiger partial charge in [0.2, 0.25) is 0 Å². The summed E-state index contributed by atoms with van der Waals surface area (Å²) >= 11 is 0. The van der Waals surface area contributed by atoms with Gasteiger partial charge >= 0.3 is 0 Å². The molecule has 16 aromatic rings. The fraction of sp³-hybridized carbons (Fsp3) is 0.0714.